The molecule has 0 aromatic heterocycles. The zero-order chi connectivity index (χ0) is 38.3. The van der Waals surface area contributed by atoms with E-state index in [4.69, 9.17) is 11.5 Å². The number of nitrogens with zero attached hydrogens (tertiary/aromatic N) is 1. The maximum absolute atomic E-state index is 13.4. The zero-order valence-electron chi connectivity index (χ0n) is 30.1. The normalized spacial score (nSPS) is 15.0. The van der Waals surface area contributed by atoms with Crippen molar-refractivity contribution >= 4 is 35.4 Å². The van der Waals surface area contributed by atoms with Crippen LogP contribution in [0, 0.1) is 5.41 Å². The van der Waals surface area contributed by atoms with Crippen LogP contribution in [-0.4, -0.2) is 90.3 Å². The highest BCUT2D eigenvalue weighted by atomic mass is 19.4. The van der Waals surface area contributed by atoms with E-state index in [1.807, 2.05) is 27.7 Å². The van der Waals surface area contributed by atoms with Gasteiger partial charge in [-0.2, -0.15) is 13.2 Å². The number of primary amides is 1. The van der Waals surface area contributed by atoms with Crippen LogP contribution in [0.1, 0.15) is 101 Å². The number of unbranched alkanes of at least 4 members (excludes halogenated alkanes) is 1. The van der Waals surface area contributed by atoms with Crippen LogP contribution >= 0.6 is 0 Å². The third-order valence-corrected chi connectivity index (χ3v) is 6.13. The van der Waals surface area contributed by atoms with Gasteiger partial charge in [-0.15, -0.1) is 6.58 Å². The maximum atomic E-state index is 13.4. The van der Waals surface area contributed by atoms with Crippen LogP contribution in [0.3, 0.4) is 0 Å². The van der Waals surface area contributed by atoms with E-state index in [-0.39, 0.29) is 19.5 Å². The minimum atomic E-state index is -4.64. The first-order chi connectivity index (χ1) is 22.1. The second kappa shape index (κ2) is 25.3. The van der Waals surface area contributed by atoms with E-state index in [2.05, 4.69) is 41.7 Å². The number of urea groups is 1. The number of amides is 6. The summed E-state index contributed by atoms with van der Waals surface area (Å²) in [7, 11) is 0. The van der Waals surface area contributed by atoms with Crippen molar-refractivity contribution in [2.24, 2.45) is 16.9 Å². The number of Topliss-reactive ketones (excluding diaryl/α,β-unsaturated/α-hetero) is 1. The highest BCUT2D eigenvalue weighted by Crippen LogP contribution is 2.27. The van der Waals surface area contributed by atoms with E-state index >= 15 is 0 Å². The van der Waals surface area contributed by atoms with Crippen molar-refractivity contribution < 1.29 is 41.9 Å². The van der Waals surface area contributed by atoms with Gasteiger partial charge >= 0.3 is 12.2 Å². The lowest BCUT2D eigenvalue weighted by atomic mass is 9.85. The Balaban J connectivity index is -0.00000178. The van der Waals surface area contributed by atoms with E-state index in [9.17, 15) is 41.9 Å². The molecule has 0 aromatic carbocycles. The molecule has 0 aliphatic carbocycles. The van der Waals surface area contributed by atoms with Gasteiger partial charge < -0.3 is 37.6 Å². The molecule has 1 fully saturated rings. The van der Waals surface area contributed by atoms with Crippen molar-refractivity contribution in [3.05, 3.63) is 12.7 Å². The molecular weight excluding hydrogens is 635 g/mol. The fraction of sp³-hybridized carbons (Fsp3) is 0.750. The minimum absolute atomic E-state index is 0.106. The number of hydrogen-bond donors (Lipinski definition) is 6. The largest absolute Gasteiger partial charge is 0.389 e. The number of nitrogens with two attached hydrogens (primary N) is 2. The summed E-state index contributed by atoms with van der Waals surface area (Å²) in [6.07, 6.45) is -2.52. The van der Waals surface area contributed by atoms with Gasteiger partial charge in [-0.05, 0) is 30.7 Å². The summed E-state index contributed by atoms with van der Waals surface area (Å²) in [6.45, 7) is 20.1. The highest BCUT2D eigenvalue weighted by molar-refractivity contribution is 6.38. The first-order valence-electron chi connectivity index (χ1n) is 16.3. The van der Waals surface area contributed by atoms with Crippen LogP contribution in [0.25, 0.3) is 0 Å². The Kier molecular flexibility index (Phi) is 25.7. The predicted molar refractivity (Wildman–Crippen MR) is 180 cm³/mol. The number of nitrogens with one attached hydrogen (secondary N) is 4. The van der Waals surface area contributed by atoms with Crippen molar-refractivity contribution in [3.63, 3.8) is 0 Å². The molecule has 280 valence electrons. The summed E-state index contributed by atoms with van der Waals surface area (Å²) in [5.41, 5.74) is 9.26. The Bertz CT molecular complexity index is 1010. The van der Waals surface area contributed by atoms with Crippen molar-refractivity contribution in [1.82, 2.24) is 26.2 Å². The lowest BCUT2D eigenvalue weighted by molar-refractivity contribution is -0.147. The van der Waals surface area contributed by atoms with Crippen LogP contribution < -0.4 is 32.7 Å². The van der Waals surface area contributed by atoms with Gasteiger partial charge in [0.05, 0.1) is 12.6 Å². The molecule has 0 radical (unpaired) electrons. The molecular formula is C32H60F3N7O6. The Morgan fingerprint density at radius 2 is 1.50 bits per heavy atom. The summed E-state index contributed by atoms with van der Waals surface area (Å²) in [6, 6.07) is -4.60. The van der Waals surface area contributed by atoms with E-state index in [1.54, 1.807) is 20.8 Å². The molecule has 1 heterocycles. The second-order valence-electron chi connectivity index (χ2n) is 12.1. The number of alkyl halides is 3. The molecule has 1 saturated heterocycles. The maximum Gasteiger partial charge on any atom is 0.389 e. The predicted octanol–water partition coefficient (Wildman–Crippen LogP) is 3.06. The fourth-order valence-electron chi connectivity index (χ4n) is 3.72. The smallest absolute Gasteiger partial charge is 0.368 e. The summed E-state index contributed by atoms with van der Waals surface area (Å²) >= 11 is 0. The number of carbonyl (C=O) groups excluding carboxylic acids is 6. The molecule has 2 unspecified atom stereocenters. The van der Waals surface area contributed by atoms with E-state index in [0.717, 1.165) is 0 Å². The average Bonchev–Trinajstić information content (AvgIpc) is 3.49. The number of hydrogen-bond acceptors (Lipinski definition) is 7. The number of carbonyl (C=O) groups is 6. The minimum Gasteiger partial charge on any atom is -0.368 e. The number of rotatable bonds is 13. The van der Waals surface area contributed by atoms with Crippen molar-refractivity contribution in [2.75, 3.05) is 19.6 Å². The van der Waals surface area contributed by atoms with Crippen LogP contribution in [0.2, 0.25) is 0 Å². The van der Waals surface area contributed by atoms with Gasteiger partial charge in [0.25, 0.3) is 5.91 Å². The number of halogens is 3. The lowest BCUT2D eigenvalue weighted by Gasteiger charge is -2.35. The average molecular weight is 696 g/mol. The van der Waals surface area contributed by atoms with Crippen LogP contribution in [0.15, 0.2) is 12.7 Å². The quantitative estimate of drug-likeness (QED) is 0.125. The fourth-order valence-corrected chi connectivity index (χ4v) is 3.72. The molecule has 0 bridgehead atoms. The van der Waals surface area contributed by atoms with Crippen LogP contribution in [0.4, 0.5) is 18.0 Å². The van der Waals surface area contributed by atoms with Gasteiger partial charge in [-0.25, -0.2) is 4.79 Å². The molecule has 1 aliphatic heterocycles. The molecule has 16 heteroatoms. The number of ketones is 1. The Hall–Kier alpha value is -3.69. The molecule has 0 spiro atoms. The molecule has 8 N–H and O–H groups in total. The van der Waals surface area contributed by atoms with E-state index < -0.39 is 84.5 Å². The number of likely N-dealkylation sites (tertiary alicyclic amines) is 1. The molecule has 6 amide bonds. The molecule has 3 atom stereocenters. The first kappa shape index (κ1) is 48.7. The van der Waals surface area contributed by atoms with Crippen molar-refractivity contribution in [2.45, 2.75) is 131 Å². The van der Waals surface area contributed by atoms with Crippen molar-refractivity contribution in [3.8, 4) is 0 Å². The Morgan fingerprint density at radius 3 is 1.92 bits per heavy atom. The van der Waals surface area contributed by atoms with Crippen LogP contribution in [-0.2, 0) is 24.0 Å². The molecule has 1 aliphatic rings. The van der Waals surface area contributed by atoms with Gasteiger partial charge in [0, 0.05) is 19.5 Å². The molecule has 0 saturated carbocycles. The summed E-state index contributed by atoms with van der Waals surface area (Å²) in [5, 5.41) is 9.04. The molecule has 13 nitrogen and oxygen atoms in total. The SMILES string of the molecule is C=CCNC(=O)C(=O)C(CCC(F)(F)F)NC(=O)[C@@H]1CCCN1C(=O)C(NC(=O)NCC(N)=O)C(C)(C)C.CC.CC(C)N.CCCC. The Labute approximate surface area is 283 Å². The standard InChI is InChI=1S/C23H35F3N6O6.C4H10.C3H9N.C2H6/c1-5-10-28-19(36)16(34)13(8-9-23(24,25)26)30-18(35)14-7-6-11-32(14)20(37)17(22(2,3)4)31-21(38)29-12-15(27)33;1-3-4-2;1-3(2)4;1-2/h5,13-14,17H,1,6-12H2,2-4H3,(H2,27,33)(H,28,36)(H,30,35)(H2,29,31,38);3-4H2,1-2H3;3H,4H2,1-2H3;1-2H3/t13?,14-,17?;;;/m0.../s1. The van der Waals surface area contributed by atoms with E-state index in [1.165, 1.54) is 23.8 Å². The summed E-state index contributed by atoms with van der Waals surface area (Å²) < 4.78 is 38.5. The lowest BCUT2D eigenvalue weighted by Crippen LogP contribution is -2.60. The second-order valence-corrected chi connectivity index (χ2v) is 12.1. The Morgan fingerprint density at radius 1 is 0.979 bits per heavy atom. The van der Waals surface area contributed by atoms with Crippen molar-refractivity contribution in [1.29, 1.82) is 0 Å². The van der Waals surface area contributed by atoms with Crippen LogP contribution in [0.5, 0.6) is 0 Å². The third kappa shape index (κ3) is 22.8. The van der Waals surface area contributed by atoms with Gasteiger partial charge in [-0.1, -0.05) is 81.2 Å². The van der Waals surface area contributed by atoms with Gasteiger partial charge in [0.15, 0.2) is 0 Å². The summed E-state index contributed by atoms with van der Waals surface area (Å²) in [4.78, 5) is 75.3. The highest BCUT2D eigenvalue weighted by Gasteiger charge is 2.43. The zero-order valence-corrected chi connectivity index (χ0v) is 30.1. The van der Waals surface area contributed by atoms with Gasteiger partial charge in [0.2, 0.25) is 23.5 Å². The first-order valence-corrected chi connectivity index (χ1v) is 16.3. The van der Waals surface area contributed by atoms with Gasteiger partial charge in [0.1, 0.15) is 12.1 Å². The third-order valence-electron chi connectivity index (χ3n) is 6.13. The van der Waals surface area contributed by atoms with E-state index in [0.29, 0.717) is 12.5 Å². The molecule has 48 heavy (non-hydrogen) atoms. The molecule has 1 rings (SSSR count). The molecule has 0 aromatic rings. The summed E-state index contributed by atoms with van der Waals surface area (Å²) in [5.74, 6) is -4.80. The topological polar surface area (TPSA) is 206 Å². The van der Waals surface area contributed by atoms with Gasteiger partial charge in [-0.3, -0.25) is 24.0 Å². The monoisotopic (exact) mass is 695 g/mol.